The lowest BCUT2D eigenvalue weighted by molar-refractivity contribution is -0.138. The number of hydrogen-bond donors (Lipinski definition) is 1. The summed E-state index contributed by atoms with van der Waals surface area (Å²) in [5.74, 6) is -0.208. The minimum atomic E-state index is -0.311. The Morgan fingerprint density at radius 1 is 1.12 bits per heavy atom. The molecular weight excluding hydrogens is 404 g/mol. The number of carbonyl (C=O) groups excluding carboxylic acids is 2. The van der Waals surface area contributed by atoms with E-state index in [-0.39, 0.29) is 24.3 Å². The number of aryl methyl sites for hydroxylation is 1. The van der Waals surface area contributed by atoms with Gasteiger partial charge in [-0.15, -0.1) is 0 Å². The number of methoxy groups -OCH3 is 1. The van der Waals surface area contributed by atoms with Gasteiger partial charge in [-0.2, -0.15) is 0 Å². The lowest BCUT2D eigenvalue weighted by atomic mass is 10.2. The normalized spacial score (nSPS) is 10.9. The molecule has 0 radical (unpaired) electrons. The Labute approximate surface area is 189 Å². The molecule has 0 aliphatic rings. The van der Waals surface area contributed by atoms with E-state index in [0.29, 0.717) is 19.1 Å². The smallest absolute Gasteiger partial charge is 0.246 e. The van der Waals surface area contributed by atoms with Crippen molar-refractivity contribution in [2.24, 2.45) is 5.92 Å². The Hall–Kier alpha value is -3.45. The van der Waals surface area contributed by atoms with Crippen LogP contribution in [-0.4, -0.2) is 53.1 Å². The minimum Gasteiger partial charge on any atom is -0.383 e. The van der Waals surface area contributed by atoms with Crippen LogP contribution in [0.25, 0.3) is 16.9 Å². The van der Waals surface area contributed by atoms with Gasteiger partial charge in [-0.3, -0.25) is 19.5 Å². The first kappa shape index (κ1) is 23.2. The number of benzene rings is 2. The second-order valence-electron chi connectivity index (χ2n) is 7.98. The Bertz CT molecular complexity index is 1060. The molecule has 1 heterocycles. The number of rotatable bonds is 9. The van der Waals surface area contributed by atoms with Crippen LogP contribution >= 0.6 is 0 Å². The van der Waals surface area contributed by atoms with Gasteiger partial charge in [0.25, 0.3) is 0 Å². The average molecular weight is 435 g/mol. The molecule has 7 heteroatoms. The molecule has 0 bridgehead atoms. The standard InChI is InChI=1S/C25H30N4O3/c1-18(2)24(31)28(13-14-32-4)17-23(30)27-25-26-22(20-10-6-5-7-11-20)16-29(25)21-12-8-9-19(3)15-21/h5-12,15-16,18H,13-14,17H2,1-4H3,(H,26,27,30). The molecule has 1 aromatic heterocycles. The summed E-state index contributed by atoms with van der Waals surface area (Å²) in [6, 6.07) is 17.8. The van der Waals surface area contributed by atoms with E-state index in [0.717, 1.165) is 22.5 Å². The first-order valence-corrected chi connectivity index (χ1v) is 10.7. The SMILES string of the molecule is COCCN(CC(=O)Nc1nc(-c2ccccc2)cn1-c1cccc(C)c1)C(=O)C(C)C. The van der Waals surface area contributed by atoms with Crippen LogP contribution in [-0.2, 0) is 14.3 Å². The quantitative estimate of drug-likeness (QED) is 0.554. The van der Waals surface area contributed by atoms with Crippen molar-refractivity contribution in [2.45, 2.75) is 20.8 Å². The number of ether oxygens (including phenoxy) is 1. The third-order valence-electron chi connectivity index (χ3n) is 5.01. The third-order valence-corrected chi connectivity index (χ3v) is 5.01. The Balaban J connectivity index is 1.89. The van der Waals surface area contributed by atoms with Gasteiger partial charge in [-0.25, -0.2) is 4.98 Å². The molecule has 2 aromatic carbocycles. The monoisotopic (exact) mass is 434 g/mol. The van der Waals surface area contributed by atoms with Crippen molar-refractivity contribution in [3.05, 3.63) is 66.4 Å². The van der Waals surface area contributed by atoms with E-state index in [1.54, 1.807) is 7.11 Å². The molecule has 0 atom stereocenters. The van der Waals surface area contributed by atoms with Crippen LogP contribution in [0.3, 0.4) is 0 Å². The largest absolute Gasteiger partial charge is 0.383 e. The lowest BCUT2D eigenvalue weighted by Crippen LogP contribution is -2.42. The number of aromatic nitrogens is 2. The molecule has 7 nitrogen and oxygen atoms in total. The summed E-state index contributed by atoms with van der Waals surface area (Å²) in [6.07, 6.45) is 1.90. The van der Waals surface area contributed by atoms with Gasteiger partial charge in [-0.1, -0.05) is 56.3 Å². The van der Waals surface area contributed by atoms with Crippen molar-refractivity contribution in [3.8, 4) is 16.9 Å². The molecule has 0 saturated heterocycles. The van der Waals surface area contributed by atoms with Crippen molar-refractivity contribution in [1.29, 1.82) is 0 Å². The molecule has 0 aliphatic carbocycles. The first-order valence-electron chi connectivity index (χ1n) is 10.7. The molecular formula is C25H30N4O3. The summed E-state index contributed by atoms with van der Waals surface area (Å²) in [5.41, 5.74) is 3.69. The van der Waals surface area contributed by atoms with E-state index in [1.807, 2.05) is 86.1 Å². The Kier molecular flexibility index (Phi) is 7.78. The number of nitrogens with zero attached hydrogens (tertiary/aromatic N) is 3. The van der Waals surface area contributed by atoms with Gasteiger partial charge >= 0.3 is 0 Å². The average Bonchev–Trinajstić information content (AvgIpc) is 3.20. The minimum absolute atomic E-state index is 0.0677. The molecule has 32 heavy (non-hydrogen) atoms. The molecule has 2 amide bonds. The van der Waals surface area contributed by atoms with Crippen LogP contribution in [0.5, 0.6) is 0 Å². The highest BCUT2D eigenvalue weighted by molar-refractivity contribution is 5.94. The molecule has 3 rings (SSSR count). The summed E-state index contributed by atoms with van der Waals surface area (Å²) in [6.45, 7) is 6.29. The van der Waals surface area contributed by atoms with Gasteiger partial charge in [0.05, 0.1) is 12.3 Å². The number of anilines is 1. The number of imidazole rings is 1. The lowest BCUT2D eigenvalue weighted by Gasteiger charge is -2.23. The highest BCUT2D eigenvalue weighted by Crippen LogP contribution is 2.24. The third kappa shape index (κ3) is 5.82. The zero-order valence-electron chi connectivity index (χ0n) is 19.0. The van der Waals surface area contributed by atoms with Gasteiger partial charge in [0.2, 0.25) is 17.8 Å². The molecule has 0 saturated carbocycles. The zero-order valence-corrected chi connectivity index (χ0v) is 19.0. The van der Waals surface area contributed by atoms with E-state index >= 15 is 0 Å². The fraction of sp³-hybridized carbons (Fsp3) is 0.320. The summed E-state index contributed by atoms with van der Waals surface area (Å²) < 4.78 is 6.96. The maximum atomic E-state index is 12.9. The van der Waals surface area contributed by atoms with Crippen molar-refractivity contribution in [2.75, 3.05) is 32.1 Å². The van der Waals surface area contributed by atoms with E-state index in [4.69, 9.17) is 4.74 Å². The van der Waals surface area contributed by atoms with Gasteiger partial charge in [0.1, 0.15) is 6.54 Å². The molecule has 3 aromatic rings. The van der Waals surface area contributed by atoms with E-state index in [1.165, 1.54) is 4.90 Å². The van der Waals surface area contributed by atoms with Crippen molar-refractivity contribution in [3.63, 3.8) is 0 Å². The van der Waals surface area contributed by atoms with Crippen LogP contribution in [0, 0.1) is 12.8 Å². The number of amides is 2. The number of nitrogens with one attached hydrogen (secondary N) is 1. The summed E-state index contributed by atoms with van der Waals surface area (Å²) in [4.78, 5) is 31.6. The molecule has 0 aliphatic heterocycles. The highest BCUT2D eigenvalue weighted by atomic mass is 16.5. The Morgan fingerprint density at radius 2 is 1.88 bits per heavy atom. The summed E-state index contributed by atoms with van der Waals surface area (Å²) >= 11 is 0. The van der Waals surface area contributed by atoms with Crippen LogP contribution in [0.4, 0.5) is 5.95 Å². The van der Waals surface area contributed by atoms with E-state index < -0.39 is 0 Å². The fourth-order valence-electron chi connectivity index (χ4n) is 3.36. The molecule has 168 valence electrons. The van der Waals surface area contributed by atoms with Gasteiger partial charge < -0.3 is 9.64 Å². The van der Waals surface area contributed by atoms with Crippen molar-refractivity contribution < 1.29 is 14.3 Å². The van der Waals surface area contributed by atoms with Gasteiger partial charge in [0.15, 0.2) is 0 Å². The predicted molar refractivity (Wildman–Crippen MR) is 126 cm³/mol. The topological polar surface area (TPSA) is 76.5 Å². The fourth-order valence-corrected chi connectivity index (χ4v) is 3.36. The van der Waals surface area contributed by atoms with Gasteiger partial charge in [0, 0.05) is 37.0 Å². The van der Waals surface area contributed by atoms with Crippen LogP contribution in [0.15, 0.2) is 60.8 Å². The van der Waals surface area contributed by atoms with Crippen LogP contribution in [0.2, 0.25) is 0 Å². The molecule has 1 N–H and O–H groups in total. The van der Waals surface area contributed by atoms with Crippen LogP contribution < -0.4 is 5.32 Å². The van der Waals surface area contributed by atoms with Crippen molar-refractivity contribution in [1.82, 2.24) is 14.5 Å². The Morgan fingerprint density at radius 3 is 2.53 bits per heavy atom. The molecule has 0 unspecified atom stereocenters. The van der Waals surface area contributed by atoms with Gasteiger partial charge in [-0.05, 0) is 24.6 Å². The second kappa shape index (κ2) is 10.7. The molecule has 0 spiro atoms. The predicted octanol–water partition coefficient (Wildman–Crippen LogP) is 3.92. The van der Waals surface area contributed by atoms with E-state index in [2.05, 4.69) is 10.3 Å². The molecule has 0 fully saturated rings. The van der Waals surface area contributed by atoms with Crippen LogP contribution in [0.1, 0.15) is 19.4 Å². The second-order valence-corrected chi connectivity index (χ2v) is 7.98. The first-order chi connectivity index (χ1) is 15.4. The zero-order chi connectivity index (χ0) is 23.1. The number of hydrogen-bond acceptors (Lipinski definition) is 4. The summed E-state index contributed by atoms with van der Waals surface area (Å²) in [7, 11) is 1.57. The van der Waals surface area contributed by atoms with Crippen molar-refractivity contribution >= 4 is 17.8 Å². The maximum Gasteiger partial charge on any atom is 0.246 e. The van der Waals surface area contributed by atoms with E-state index in [9.17, 15) is 9.59 Å². The summed E-state index contributed by atoms with van der Waals surface area (Å²) in [5, 5.41) is 2.90. The number of carbonyl (C=O) groups is 2. The maximum absolute atomic E-state index is 12.9. The highest BCUT2D eigenvalue weighted by Gasteiger charge is 2.21.